The van der Waals surface area contributed by atoms with E-state index >= 15 is 0 Å². The molecule has 154 valence electrons. The lowest BCUT2D eigenvalue weighted by Gasteiger charge is -2.10. The third kappa shape index (κ3) is 4.94. The minimum atomic E-state index is -4.42. The predicted octanol–water partition coefficient (Wildman–Crippen LogP) is 3.27. The summed E-state index contributed by atoms with van der Waals surface area (Å²) >= 11 is 0. The number of sulfonamides is 1. The molecular weight excluding hydrogens is 407 g/mol. The zero-order valence-electron chi connectivity index (χ0n) is 15.6. The first-order chi connectivity index (χ1) is 13.4. The van der Waals surface area contributed by atoms with Gasteiger partial charge in [0.25, 0.3) is 0 Å². The molecule has 0 fully saturated rings. The first-order valence-electron chi connectivity index (χ1n) is 8.59. The number of alkyl halides is 3. The Hall–Kier alpha value is -2.88. The highest BCUT2D eigenvalue weighted by atomic mass is 32.2. The molecule has 0 spiro atoms. The number of hydrogen-bond donors (Lipinski definition) is 1. The fourth-order valence-corrected chi connectivity index (χ4v) is 4.08. The van der Waals surface area contributed by atoms with Gasteiger partial charge in [-0.25, -0.2) is 8.42 Å². The average molecular weight is 425 g/mol. The summed E-state index contributed by atoms with van der Waals surface area (Å²) in [6.45, 7) is 1.11. The topological polar surface area (TPSA) is 81.1 Å². The summed E-state index contributed by atoms with van der Waals surface area (Å²) in [4.78, 5) is 11.0. The van der Waals surface area contributed by atoms with Gasteiger partial charge in [0.2, 0.25) is 15.9 Å². The molecule has 29 heavy (non-hydrogen) atoms. The molecule has 0 saturated carbocycles. The summed E-state index contributed by atoms with van der Waals surface area (Å²) in [6.07, 6.45) is -2.59. The molecule has 3 aromatic rings. The van der Waals surface area contributed by atoms with E-state index in [4.69, 9.17) is 0 Å². The van der Waals surface area contributed by atoms with Gasteiger partial charge < -0.3 is 0 Å². The predicted molar refractivity (Wildman–Crippen MR) is 102 cm³/mol. The van der Waals surface area contributed by atoms with Crippen LogP contribution >= 0.6 is 0 Å². The summed E-state index contributed by atoms with van der Waals surface area (Å²) in [5.74, 6) is -0.999. The molecule has 0 aliphatic carbocycles. The molecular formula is C19H18F3N3O3S. The molecule has 1 aromatic heterocycles. The maximum absolute atomic E-state index is 12.8. The van der Waals surface area contributed by atoms with E-state index in [9.17, 15) is 26.4 Å². The maximum atomic E-state index is 12.8. The monoisotopic (exact) mass is 425 g/mol. The lowest BCUT2D eigenvalue weighted by atomic mass is 9.98. The second-order valence-electron chi connectivity index (χ2n) is 6.68. The zero-order valence-corrected chi connectivity index (χ0v) is 16.4. The van der Waals surface area contributed by atoms with Crippen molar-refractivity contribution >= 4 is 26.8 Å². The van der Waals surface area contributed by atoms with Gasteiger partial charge >= 0.3 is 6.18 Å². The van der Waals surface area contributed by atoms with Crippen molar-refractivity contribution in [1.82, 2.24) is 14.5 Å². The number of carbonyl (C=O) groups excluding carboxylic acids is 1. The van der Waals surface area contributed by atoms with Gasteiger partial charge in [-0.05, 0) is 47.4 Å². The van der Waals surface area contributed by atoms with Crippen LogP contribution in [0.2, 0.25) is 0 Å². The average Bonchev–Trinajstić information content (AvgIpc) is 2.98. The van der Waals surface area contributed by atoms with Crippen molar-refractivity contribution in [3.8, 4) is 11.1 Å². The number of aromatic nitrogens is 2. The quantitative estimate of drug-likeness (QED) is 0.680. The fourth-order valence-electron chi connectivity index (χ4n) is 3.05. The van der Waals surface area contributed by atoms with E-state index in [2.05, 4.69) is 5.10 Å². The fraction of sp³-hybridized carbons (Fsp3) is 0.263. The molecule has 3 rings (SSSR count). The molecule has 2 aromatic carbocycles. The Balaban J connectivity index is 1.99. The van der Waals surface area contributed by atoms with Crippen molar-refractivity contribution in [2.45, 2.75) is 19.5 Å². The molecule has 0 unspecified atom stereocenters. The number of benzene rings is 2. The second-order valence-corrected chi connectivity index (χ2v) is 8.52. The SMILES string of the molecule is CC(=O)NS(=O)(=O)CCc1cc(-c2ccc(C(F)(F)F)cc2)cc2cn(C)nc12. The van der Waals surface area contributed by atoms with E-state index < -0.39 is 27.7 Å². The van der Waals surface area contributed by atoms with Crippen LogP contribution in [0.15, 0.2) is 42.6 Å². The summed E-state index contributed by atoms with van der Waals surface area (Å²) in [5, 5.41) is 5.07. The first kappa shape index (κ1) is 20.8. The van der Waals surface area contributed by atoms with E-state index in [0.717, 1.165) is 24.4 Å². The normalized spacial score (nSPS) is 12.3. The molecule has 0 aliphatic heterocycles. The highest BCUT2D eigenvalue weighted by molar-refractivity contribution is 7.90. The summed E-state index contributed by atoms with van der Waals surface area (Å²) in [5.41, 5.74) is 1.68. The summed E-state index contributed by atoms with van der Waals surface area (Å²) in [6, 6.07) is 8.25. The highest BCUT2D eigenvalue weighted by Gasteiger charge is 2.30. The smallest absolute Gasteiger partial charge is 0.275 e. The van der Waals surface area contributed by atoms with Crippen molar-refractivity contribution < 1.29 is 26.4 Å². The summed E-state index contributed by atoms with van der Waals surface area (Å²) < 4.78 is 65.8. The largest absolute Gasteiger partial charge is 0.416 e. The molecule has 0 saturated heterocycles. The van der Waals surface area contributed by atoms with Gasteiger partial charge in [0.05, 0.1) is 16.8 Å². The summed E-state index contributed by atoms with van der Waals surface area (Å²) in [7, 11) is -2.08. The molecule has 10 heteroatoms. The van der Waals surface area contributed by atoms with E-state index in [1.807, 2.05) is 4.72 Å². The molecule has 0 aliphatic rings. The minimum Gasteiger partial charge on any atom is -0.275 e. The Kier molecular flexibility index (Phi) is 5.40. The number of nitrogens with zero attached hydrogens (tertiary/aromatic N) is 2. The Bertz CT molecular complexity index is 1170. The Morgan fingerprint density at radius 3 is 2.38 bits per heavy atom. The number of hydrogen-bond acceptors (Lipinski definition) is 4. The number of amides is 1. The molecule has 0 bridgehead atoms. The van der Waals surface area contributed by atoms with Crippen LogP contribution in [0.3, 0.4) is 0 Å². The number of carbonyl (C=O) groups is 1. The molecule has 1 N–H and O–H groups in total. The third-order valence-corrected chi connectivity index (χ3v) is 5.63. The lowest BCUT2D eigenvalue weighted by Crippen LogP contribution is -2.31. The van der Waals surface area contributed by atoms with Crippen molar-refractivity contribution in [3.05, 3.63) is 53.7 Å². The van der Waals surface area contributed by atoms with Gasteiger partial charge in [0.15, 0.2) is 0 Å². The Labute approximate surface area is 165 Å². The number of fused-ring (bicyclic) bond motifs is 1. The van der Waals surface area contributed by atoms with Crippen LogP contribution in [0, 0.1) is 0 Å². The van der Waals surface area contributed by atoms with Crippen LogP contribution in [-0.4, -0.2) is 29.9 Å². The van der Waals surface area contributed by atoms with E-state index in [-0.39, 0.29) is 12.2 Å². The lowest BCUT2D eigenvalue weighted by molar-refractivity contribution is -0.137. The Morgan fingerprint density at radius 1 is 1.14 bits per heavy atom. The molecule has 6 nitrogen and oxygen atoms in total. The van der Waals surface area contributed by atoms with Gasteiger partial charge in [-0.3, -0.25) is 14.2 Å². The van der Waals surface area contributed by atoms with Gasteiger partial charge in [0, 0.05) is 25.6 Å². The van der Waals surface area contributed by atoms with Crippen LogP contribution in [0.1, 0.15) is 18.1 Å². The number of aryl methyl sites for hydroxylation is 2. The molecule has 0 atom stereocenters. The van der Waals surface area contributed by atoms with Crippen LogP contribution in [0.5, 0.6) is 0 Å². The number of rotatable bonds is 5. The van der Waals surface area contributed by atoms with E-state index in [1.54, 1.807) is 30.1 Å². The van der Waals surface area contributed by atoms with Gasteiger partial charge in [-0.1, -0.05) is 12.1 Å². The van der Waals surface area contributed by atoms with Crippen molar-refractivity contribution in [2.75, 3.05) is 5.75 Å². The van der Waals surface area contributed by atoms with E-state index in [1.165, 1.54) is 12.1 Å². The van der Waals surface area contributed by atoms with Crippen LogP contribution < -0.4 is 4.72 Å². The van der Waals surface area contributed by atoms with Crippen molar-refractivity contribution in [2.24, 2.45) is 7.05 Å². The van der Waals surface area contributed by atoms with Gasteiger partial charge in [0.1, 0.15) is 0 Å². The van der Waals surface area contributed by atoms with Crippen LogP contribution in [-0.2, 0) is 34.5 Å². The Morgan fingerprint density at radius 2 is 1.79 bits per heavy atom. The van der Waals surface area contributed by atoms with Gasteiger partial charge in [-0.15, -0.1) is 0 Å². The molecule has 1 amide bonds. The minimum absolute atomic E-state index is 0.0879. The number of nitrogens with one attached hydrogen (secondary N) is 1. The van der Waals surface area contributed by atoms with Gasteiger partial charge in [-0.2, -0.15) is 18.3 Å². The molecule has 1 heterocycles. The van der Waals surface area contributed by atoms with Crippen molar-refractivity contribution in [1.29, 1.82) is 0 Å². The molecule has 0 radical (unpaired) electrons. The van der Waals surface area contributed by atoms with Crippen LogP contribution in [0.4, 0.5) is 13.2 Å². The third-order valence-electron chi connectivity index (χ3n) is 4.29. The highest BCUT2D eigenvalue weighted by Crippen LogP contribution is 2.32. The van der Waals surface area contributed by atoms with Crippen molar-refractivity contribution in [3.63, 3.8) is 0 Å². The standard InChI is InChI=1S/C19H18F3N3O3S/c1-12(26)24-29(27,28)8-7-14-9-15(10-16-11-25(2)23-18(14)16)13-3-5-17(6-4-13)19(20,21)22/h3-6,9-11H,7-8H2,1-2H3,(H,24,26). The zero-order chi connectivity index (χ0) is 21.4. The van der Waals surface area contributed by atoms with E-state index in [0.29, 0.717) is 22.2 Å². The maximum Gasteiger partial charge on any atom is 0.416 e. The number of halogens is 3. The first-order valence-corrected chi connectivity index (χ1v) is 10.2. The second kappa shape index (κ2) is 7.51. The van der Waals surface area contributed by atoms with Crippen LogP contribution in [0.25, 0.3) is 22.0 Å².